The summed E-state index contributed by atoms with van der Waals surface area (Å²) in [5.41, 5.74) is 5.92. The second kappa shape index (κ2) is 4.96. The van der Waals surface area contributed by atoms with Crippen LogP contribution in [0.15, 0.2) is 81.6 Å². The minimum Gasteiger partial charge on any atom is -0.457 e. The lowest BCUT2D eigenvalue weighted by atomic mass is 9.95. The lowest BCUT2D eigenvalue weighted by Gasteiger charge is -2.20. The largest absolute Gasteiger partial charge is 0.457 e. The van der Waals surface area contributed by atoms with Crippen molar-refractivity contribution < 1.29 is 13.6 Å². The normalized spacial score (nSPS) is 13.1. The van der Waals surface area contributed by atoms with E-state index in [0.29, 0.717) is 0 Å². The Morgan fingerprint density at radius 3 is 2.21 bits per heavy atom. The monoisotopic (exact) mass is 362 g/mol. The molecular formula is C25H14O3. The molecular weight excluding hydrogens is 348 g/mol. The highest BCUT2D eigenvalue weighted by Gasteiger charge is 2.23. The van der Waals surface area contributed by atoms with E-state index < -0.39 is 0 Å². The van der Waals surface area contributed by atoms with Gasteiger partial charge in [0.05, 0.1) is 0 Å². The lowest BCUT2D eigenvalue weighted by Crippen LogP contribution is -2.03. The van der Waals surface area contributed by atoms with Gasteiger partial charge in [-0.2, -0.15) is 0 Å². The smallest absolute Gasteiger partial charge is 0.135 e. The Kier molecular flexibility index (Phi) is 2.54. The molecule has 3 nitrogen and oxygen atoms in total. The molecule has 3 heterocycles. The van der Waals surface area contributed by atoms with Gasteiger partial charge in [0, 0.05) is 39.1 Å². The highest BCUT2D eigenvalue weighted by Crippen LogP contribution is 2.45. The summed E-state index contributed by atoms with van der Waals surface area (Å²) in [4.78, 5) is 0. The summed E-state index contributed by atoms with van der Waals surface area (Å²) in [5, 5.41) is 4.48. The standard InChI is InChI=1S/C25H14O3/c1-3-7-19-15(5-1)17-13-23-14(12-24(17)28-19)11-18-21(27-23)9-10-22-25(18)16-6-2-4-8-20(16)26-22/h1-10,12-13H,11H2. The molecule has 0 unspecified atom stereocenters. The summed E-state index contributed by atoms with van der Waals surface area (Å²) in [5.74, 6) is 1.80. The second-order valence-corrected chi connectivity index (χ2v) is 7.35. The van der Waals surface area contributed by atoms with Crippen molar-refractivity contribution in [3.63, 3.8) is 0 Å². The predicted molar refractivity (Wildman–Crippen MR) is 110 cm³/mol. The summed E-state index contributed by atoms with van der Waals surface area (Å²) in [7, 11) is 0. The molecule has 0 amide bonds. The lowest BCUT2D eigenvalue weighted by molar-refractivity contribution is 0.461. The molecule has 0 fully saturated rings. The molecule has 2 aromatic heterocycles. The predicted octanol–water partition coefficient (Wildman–Crippen LogP) is 7.18. The maximum Gasteiger partial charge on any atom is 0.135 e. The first kappa shape index (κ1) is 14.4. The van der Waals surface area contributed by atoms with Gasteiger partial charge in [0.1, 0.15) is 33.8 Å². The first-order chi connectivity index (χ1) is 13.8. The Balaban J connectivity index is 1.50. The highest BCUT2D eigenvalue weighted by molar-refractivity contribution is 6.08. The molecule has 0 aliphatic carbocycles. The molecule has 0 bridgehead atoms. The molecule has 0 radical (unpaired) electrons. The van der Waals surface area contributed by atoms with Gasteiger partial charge in [-0.15, -0.1) is 0 Å². The summed E-state index contributed by atoms with van der Waals surface area (Å²) in [6.45, 7) is 0. The molecule has 3 heteroatoms. The van der Waals surface area contributed by atoms with Crippen LogP contribution in [0.25, 0.3) is 43.9 Å². The number of furan rings is 2. The Morgan fingerprint density at radius 2 is 1.32 bits per heavy atom. The van der Waals surface area contributed by atoms with E-state index in [1.54, 1.807) is 0 Å². The minimum atomic E-state index is 0.790. The van der Waals surface area contributed by atoms with Crippen LogP contribution in [0.1, 0.15) is 11.1 Å². The fourth-order valence-electron chi connectivity index (χ4n) is 4.47. The van der Waals surface area contributed by atoms with E-state index >= 15 is 0 Å². The van der Waals surface area contributed by atoms with Crippen molar-refractivity contribution in [2.24, 2.45) is 0 Å². The van der Waals surface area contributed by atoms with Crippen LogP contribution in [0.5, 0.6) is 11.5 Å². The Labute approximate surface area is 159 Å². The van der Waals surface area contributed by atoms with Crippen LogP contribution in [0, 0.1) is 0 Å². The van der Waals surface area contributed by atoms with Crippen molar-refractivity contribution in [2.45, 2.75) is 6.42 Å². The van der Waals surface area contributed by atoms with E-state index in [1.165, 1.54) is 5.56 Å². The molecule has 1 aliphatic rings. The quantitative estimate of drug-likeness (QED) is 0.286. The van der Waals surface area contributed by atoms with Crippen molar-refractivity contribution in [1.29, 1.82) is 0 Å². The van der Waals surface area contributed by atoms with Crippen molar-refractivity contribution in [3.05, 3.63) is 83.9 Å². The number of benzene rings is 4. The molecule has 0 saturated carbocycles. The summed E-state index contributed by atoms with van der Waals surface area (Å²) >= 11 is 0. The SMILES string of the molecule is c1ccc2c(c1)oc1cc3c(cc12)Oc1ccc2oc4ccccc4c2c1C3. The van der Waals surface area contributed by atoms with Gasteiger partial charge in [-0.05, 0) is 36.4 Å². The first-order valence-electron chi connectivity index (χ1n) is 9.40. The molecule has 6 aromatic rings. The maximum absolute atomic E-state index is 6.35. The minimum absolute atomic E-state index is 0.790. The summed E-state index contributed by atoms with van der Waals surface area (Å²) in [6, 6.07) is 24.5. The molecule has 7 rings (SSSR count). The van der Waals surface area contributed by atoms with Crippen LogP contribution in [-0.4, -0.2) is 0 Å². The average molecular weight is 362 g/mol. The van der Waals surface area contributed by atoms with Crippen LogP contribution in [0.2, 0.25) is 0 Å². The van der Waals surface area contributed by atoms with Crippen molar-refractivity contribution in [1.82, 2.24) is 0 Å². The van der Waals surface area contributed by atoms with Crippen molar-refractivity contribution in [2.75, 3.05) is 0 Å². The van der Waals surface area contributed by atoms with Gasteiger partial charge in [-0.3, -0.25) is 0 Å². The first-order valence-corrected chi connectivity index (χ1v) is 9.40. The zero-order valence-corrected chi connectivity index (χ0v) is 14.9. The van der Waals surface area contributed by atoms with Gasteiger partial charge >= 0.3 is 0 Å². The van der Waals surface area contributed by atoms with E-state index in [-0.39, 0.29) is 0 Å². The summed E-state index contributed by atoms with van der Waals surface area (Å²) in [6.07, 6.45) is 0.790. The topological polar surface area (TPSA) is 35.5 Å². The van der Waals surface area contributed by atoms with Crippen molar-refractivity contribution >= 4 is 43.9 Å². The second-order valence-electron chi connectivity index (χ2n) is 7.35. The summed E-state index contributed by atoms with van der Waals surface area (Å²) < 4.78 is 18.5. The number of hydrogen-bond donors (Lipinski definition) is 0. The third-order valence-corrected chi connectivity index (χ3v) is 5.75. The Hall–Kier alpha value is -3.72. The third kappa shape index (κ3) is 1.78. The van der Waals surface area contributed by atoms with Crippen LogP contribution < -0.4 is 4.74 Å². The highest BCUT2D eigenvalue weighted by atomic mass is 16.5. The van der Waals surface area contributed by atoms with E-state index in [4.69, 9.17) is 13.6 Å². The number of para-hydroxylation sites is 2. The number of ether oxygens (including phenoxy) is 1. The van der Waals surface area contributed by atoms with Gasteiger partial charge in [0.25, 0.3) is 0 Å². The average Bonchev–Trinajstić information content (AvgIpc) is 3.28. The van der Waals surface area contributed by atoms with E-state index in [2.05, 4.69) is 24.3 Å². The Morgan fingerprint density at radius 1 is 0.571 bits per heavy atom. The molecule has 28 heavy (non-hydrogen) atoms. The van der Waals surface area contributed by atoms with E-state index in [0.717, 1.165) is 67.4 Å². The van der Waals surface area contributed by atoms with Gasteiger partial charge < -0.3 is 13.6 Å². The molecule has 0 atom stereocenters. The van der Waals surface area contributed by atoms with Gasteiger partial charge in [0.2, 0.25) is 0 Å². The van der Waals surface area contributed by atoms with Gasteiger partial charge in [0.15, 0.2) is 0 Å². The van der Waals surface area contributed by atoms with Gasteiger partial charge in [-0.1, -0.05) is 36.4 Å². The van der Waals surface area contributed by atoms with Crippen LogP contribution in [0.3, 0.4) is 0 Å². The fraction of sp³-hybridized carbons (Fsp3) is 0.0400. The molecule has 0 N–H and O–H groups in total. The zero-order chi connectivity index (χ0) is 18.2. The van der Waals surface area contributed by atoms with Crippen LogP contribution >= 0.6 is 0 Å². The third-order valence-electron chi connectivity index (χ3n) is 5.75. The molecule has 4 aromatic carbocycles. The van der Waals surface area contributed by atoms with Crippen molar-refractivity contribution in [3.8, 4) is 11.5 Å². The molecule has 1 aliphatic heterocycles. The fourth-order valence-corrected chi connectivity index (χ4v) is 4.47. The number of rotatable bonds is 0. The van der Waals surface area contributed by atoms with E-state index in [9.17, 15) is 0 Å². The zero-order valence-electron chi connectivity index (χ0n) is 14.9. The number of fused-ring (bicyclic) bond motifs is 9. The Bertz CT molecular complexity index is 1570. The van der Waals surface area contributed by atoms with E-state index in [1.807, 2.05) is 48.5 Å². The molecule has 132 valence electrons. The maximum atomic E-state index is 6.35. The molecule has 0 saturated heterocycles. The van der Waals surface area contributed by atoms with Gasteiger partial charge in [-0.25, -0.2) is 0 Å². The number of hydrogen-bond acceptors (Lipinski definition) is 3. The van der Waals surface area contributed by atoms with Crippen LogP contribution in [-0.2, 0) is 6.42 Å². The van der Waals surface area contributed by atoms with Crippen LogP contribution in [0.4, 0.5) is 0 Å². The molecule has 0 spiro atoms.